The quantitative estimate of drug-likeness (QED) is 0.0456. The summed E-state index contributed by atoms with van der Waals surface area (Å²) in [5.41, 5.74) is 0. The van der Waals surface area contributed by atoms with E-state index in [2.05, 4.69) is 18.7 Å². The van der Waals surface area contributed by atoms with E-state index in [9.17, 15) is 9.90 Å². The maximum Gasteiger partial charge on any atom is 1.00 e. The molecule has 0 aliphatic heterocycles. The van der Waals surface area contributed by atoms with Gasteiger partial charge in [0.1, 0.15) is 0 Å². The number of rotatable bonds is 48. The molecular weight excluding hydrogens is 686 g/mol. The molecule has 0 atom stereocenters. The van der Waals surface area contributed by atoms with Gasteiger partial charge in [0.25, 0.3) is 0 Å². The van der Waals surface area contributed by atoms with E-state index in [1.54, 1.807) is 0 Å². The second-order valence-electron chi connectivity index (χ2n) is 17.5. The molecule has 0 radical (unpaired) electrons. The van der Waals surface area contributed by atoms with Crippen LogP contribution < -0.4 is 56.5 Å². The van der Waals surface area contributed by atoms with Crippen molar-refractivity contribution in [3.63, 3.8) is 0 Å². The number of carboxylic acid groups (broad SMARTS) is 1. The molecular formula is C50H100KNO2. The van der Waals surface area contributed by atoms with Gasteiger partial charge in [0.05, 0.1) is 0 Å². The van der Waals surface area contributed by atoms with Crippen molar-refractivity contribution in [2.45, 2.75) is 296 Å². The molecule has 0 saturated heterocycles. The fourth-order valence-corrected chi connectivity index (χ4v) is 8.30. The van der Waals surface area contributed by atoms with Crippen LogP contribution in [0.1, 0.15) is 296 Å². The first-order valence-corrected chi connectivity index (χ1v) is 25.1. The number of carbonyl (C=O) groups excluding carboxylic acids is 1. The third kappa shape index (κ3) is 51.1. The SMILES string of the molecule is CCCCCCCCCCCCCCCCCCCCCCN(CCCCCCCCCCCCCCCCCCCCCC)CCCCCC(=O)[O-].[K+]. The van der Waals surface area contributed by atoms with E-state index in [0.29, 0.717) is 0 Å². The van der Waals surface area contributed by atoms with Gasteiger partial charge in [-0.25, -0.2) is 0 Å². The zero-order valence-corrected chi connectivity index (χ0v) is 41.1. The molecule has 0 amide bonds. The van der Waals surface area contributed by atoms with Gasteiger partial charge in [0, 0.05) is 5.97 Å². The predicted molar refractivity (Wildman–Crippen MR) is 236 cm³/mol. The van der Waals surface area contributed by atoms with Crippen molar-refractivity contribution in [3.05, 3.63) is 0 Å². The molecule has 0 aromatic heterocycles. The van der Waals surface area contributed by atoms with E-state index in [1.807, 2.05) is 0 Å². The number of aliphatic carboxylic acids is 1. The summed E-state index contributed by atoms with van der Waals surface area (Å²) in [5, 5.41) is 10.8. The molecule has 0 saturated carbocycles. The Morgan fingerprint density at radius 3 is 0.648 bits per heavy atom. The van der Waals surface area contributed by atoms with E-state index in [1.165, 1.54) is 270 Å². The average molecular weight is 786 g/mol. The largest absolute Gasteiger partial charge is 1.00 e. The van der Waals surface area contributed by atoms with Gasteiger partial charge in [0.2, 0.25) is 0 Å². The topological polar surface area (TPSA) is 43.4 Å². The molecule has 0 N–H and O–H groups in total. The summed E-state index contributed by atoms with van der Waals surface area (Å²) >= 11 is 0. The Morgan fingerprint density at radius 1 is 0.296 bits per heavy atom. The molecule has 3 nitrogen and oxygen atoms in total. The van der Waals surface area contributed by atoms with E-state index >= 15 is 0 Å². The molecule has 0 bridgehead atoms. The van der Waals surface area contributed by atoms with E-state index < -0.39 is 5.97 Å². The van der Waals surface area contributed by atoms with Gasteiger partial charge in [-0.1, -0.05) is 264 Å². The van der Waals surface area contributed by atoms with Crippen molar-refractivity contribution in [2.24, 2.45) is 0 Å². The zero-order valence-electron chi connectivity index (χ0n) is 38.0. The minimum absolute atomic E-state index is 0. The van der Waals surface area contributed by atoms with Gasteiger partial charge < -0.3 is 14.8 Å². The van der Waals surface area contributed by atoms with Crippen molar-refractivity contribution >= 4 is 5.97 Å². The van der Waals surface area contributed by atoms with Crippen molar-refractivity contribution in [1.29, 1.82) is 0 Å². The van der Waals surface area contributed by atoms with E-state index in [-0.39, 0.29) is 57.8 Å². The number of unbranched alkanes of at least 4 members (excludes halogenated alkanes) is 40. The van der Waals surface area contributed by atoms with Crippen LogP contribution in [0.25, 0.3) is 0 Å². The Labute approximate surface area is 384 Å². The van der Waals surface area contributed by atoms with Gasteiger partial charge in [-0.15, -0.1) is 0 Å². The molecule has 0 spiro atoms. The van der Waals surface area contributed by atoms with Crippen molar-refractivity contribution < 1.29 is 61.3 Å². The monoisotopic (exact) mass is 786 g/mol. The standard InChI is InChI=1S/C50H101NO2.K/c1-3-5-7-9-11-13-15-17-19-21-23-25-27-29-31-33-35-37-39-43-47-51(49-45-41-42-46-50(52)53)48-44-40-38-36-34-32-30-28-26-24-22-20-18-16-14-12-10-8-6-4-2;/h3-49H2,1-2H3,(H,52,53);/q;+1/p-1. The fourth-order valence-electron chi connectivity index (χ4n) is 8.30. The van der Waals surface area contributed by atoms with Crippen molar-refractivity contribution in [2.75, 3.05) is 19.6 Å². The Balaban J connectivity index is 0. The van der Waals surface area contributed by atoms with Crippen molar-refractivity contribution in [3.8, 4) is 0 Å². The molecule has 0 aliphatic rings. The van der Waals surface area contributed by atoms with Crippen LogP contribution in [0.2, 0.25) is 0 Å². The summed E-state index contributed by atoms with van der Waals surface area (Å²) in [6.07, 6.45) is 60.6. The summed E-state index contributed by atoms with van der Waals surface area (Å²) in [5.74, 6) is -0.893. The van der Waals surface area contributed by atoms with E-state index in [4.69, 9.17) is 0 Å². The van der Waals surface area contributed by atoms with Crippen molar-refractivity contribution in [1.82, 2.24) is 4.90 Å². The molecule has 0 heterocycles. The fraction of sp³-hybridized carbons (Fsp3) is 0.980. The van der Waals surface area contributed by atoms with Gasteiger partial charge in [-0.2, -0.15) is 0 Å². The molecule has 4 heteroatoms. The zero-order chi connectivity index (χ0) is 38.4. The molecule has 0 aromatic rings. The third-order valence-corrected chi connectivity index (χ3v) is 12.0. The van der Waals surface area contributed by atoms with Crippen LogP contribution in [-0.4, -0.2) is 30.5 Å². The number of nitrogens with zero attached hydrogens (tertiary/aromatic N) is 1. The van der Waals surface area contributed by atoms with E-state index in [0.717, 1.165) is 25.8 Å². The van der Waals surface area contributed by atoms with Crippen LogP contribution in [-0.2, 0) is 4.79 Å². The Hall–Kier alpha value is 1.07. The number of carboxylic acids is 1. The smallest absolute Gasteiger partial charge is 0.550 e. The minimum Gasteiger partial charge on any atom is -0.550 e. The Kier molecular flexibility index (Phi) is 55.1. The molecule has 0 unspecified atom stereocenters. The predicted octanol–water partition coefficient (Wildman–Crippen LogP) is 13.2. The summed E-state index contributed by atoms with van der Waals surface area (Å²) in [6.45, 7) is 8.22. The summed E-state index contributed by atoms with van der Waals surface area (Å²) in [7, 11) is 0. The van der Waals surface area contributed by atoms with Crippen LogP contribution in [0.4, 0.5) is 0 Å². The number of hydrogen-bond donors (Lipinski definition) is 0. The first-order chi connectivity index (χ1) is 26.2. The number of carbonyl (C=O) groups is 1. The second-order valence-corrected chi connectivity index (χ2v) is 17.5. The second kappa shape index (κ2) is 52.1. The summed E-state index contributed by atoms with van der Waals surface area (Å²) in [6, 6.07) is 0. The third-order valence-electron chi connectivity index (χ3n) is 12.0. The van der Waals surface area contributed by atoms with Crippen LogP contribution in [0.5, 0.6) is 0 Å². The average Bonchev–Trinajstić information content (AvgIpc) is 3.15. The molecule has 318 valence electrons. The minimum atomic E-state index is -0.893. The normalized spacial score (nSPS) is 11.5. The summed E-state index contributed by atoms with van der Waals surface area (Å²) in [4.78, 5) is 13.5. The first kappa shape index (κ1) is 57.2. The van der Waals surface area contributed by atoms with Crippen LogP contribution in [0.15, 0.2) is 0 Å². The Bertz CT molecular complexity index is 629. The van der Waals surface area contributed by atoms with Gasteiger partial charge in [0.15, 0.2) is 0 Å². The molecule has 0 aliphatic carbocycles. The van der Waals surface area contributed by atoms with Gasteiger partial charge in [-0.3, -0.25) is 0 Å². The van der Waals surface area contributed by atoms with Crippen LogP contribution in [0, 0.1) is 0 Å². The molecule has 0 fully saturated rings. The van der Waals surface area contributed by atoms with Gasteiger partial charge in [-0.05, 0) is 51.7 Å². The Morgan fingerprint density at radius 2 is 0.463 bits per heavy atom. The maximum absolute atomic E-state index is 10.8. The molecule has 54 heavy (non-hydrogen) atoms. The number of hydrogen-bond acceptors (Lipinski definition) is 3. The maximum atomic E-state index is 10.8. The van der Waals surface area contributed by atoms with Crippen LogP contribution in [0.3, 0.4) is 0 Å². The van der Waals surface area contributed by atoms with Gasteiger partial charge >= 0.3 is 51.4 Å². The summed E-state index contributed by atoms with van der Waals surface area (Å²) < 4.78 is 0. The van der Waals surface area contributed by atoms with Crippen LogP contribution >= 0.6 is 0 Å². The molecule has 0 aromatic carbocycles. The molecule has 0 rings (SSSR count). The first-order valence-electron chi connectivity index (χ1n) is 25.1.